The van der Waals surface area contributed by atoms with E-state index in [4.69, 9.17) is 5.21 Å². The molecule has 2 heteroatoms. The van der Waals surface area contributed by atoms with E-state index in [1.165, 1.54) is 6.42 Å². The molecule has 1 aliphatic carbocycles. The Morgan fingerprint density at radius 3 is 2.44 bits per heavy atom. The molecule has 0 amide bonds. The smallest absolute Gasteiger partial charge is 0.0325 e. The maximum atomic E-state index is 8.55. The number of hydroxylamine groups is 1. The molecular weight excluding hydrogens is 114 g/mol. The Hall–Kier alpha value is -0.0800. The summed E-state index contributed by atoms with van der Waals surface area (Å²) < 4.78 is 0. The first-order chi connectivity index (χ1) is 4.14. The van der Waals surface area contributed by atoms with Crippen LogP contribution in [0.3, 0.4) is 0 Å². The van der Waals surface area contributed by atoms with Crippen LogP contribution in [-0.2, 0) is 0 Å². The van der Waals surface area contributed by atoms with E-state index < -0.39 is 0 Å². The van der Waals surface area contributed by atoms with E-state index in [2.05, 4.69) is 19.3 Å². The van der Waals surface area contributed by atoms with Gasteiger partial charge in [0.2, 0.25) is 0 Å². The molecule has 0 aromatic heterocycles. The lowest BCUT2D eigenvalue weighted by molar-refractivity contribution is 0.123. The van der Waals surface area contributed by atoms with Gasteiger partial charge in [-0.3, -0.25) is 0 Å². The van der Waals surface area contributed by atoms with E-state index in [1.807, 2.05) is 0 Å². The molecule has 2 nitrogen and oxygen atoms in total. The third-order valence-corrected chi connectivity index (χ3v) is 2.15. The van der Waals surface area contributed by atoms with Crippen LogP contribution < -0.4 is 5.48 Å². The maximum absolute atomic E-state index is 8.55. The van der Waals surface area contributed by atoms with Gasteiger partial charge in [0.15, 0.2) is 0 Å². The van der Waals surface area contributed by atoms with Crippen LogP contribution in [0.4, 0.5) is 0 Å². The average molecular weight is 129 g/mol. The second-order valence-corrected chi connectivity index (χ2v) is 3.73. The van der Waals surface area contributed by atoms with E-state index in [0.29, 0.717) is 11.5 Å². The first-order valence-electron chi connectivity index (χ1n) is 3.54. The Balaban J connectivity index is 2.38. The molecule has 1 fully saturated rings. The third-order valence-electron chi connectivity index (χ3n) is 2.15. The van der Waals surface area contributed by atoms with Crippen molar-refractivity contribution in [2.24, 2.45) is 5.41 Å². The summed E-state index contributed by atoms with van der Waals surface area (Å²) in [6.07, 6.45) is 3.44. The molecule has 0 aromatic carbocycles. The predicted octanol–water partition coefficient (Wildman–Crippen LogP) is 1.54. The molecule has 0 bridgehead atoms. The minimum atomic E-state index is 0.347. The molecule has 1 saturated carbocycles. The minimum absolute atomic E-state index is 0.347. The highest BCUT2D eigenvalue weighted by atomic mass is 16.5. The molecule has 1 unspecified atom stereocenters. The molecule has 1 rings (SSSR count). The SMILES string of the molecule is CC1(C)CCC(NO)C1. The number of nitrogens with one attached hydrogen (secondary N) is 1. The topological polar surface area (TPSA) is 32.3 Å². The standard InChI is InChI=1S/C7H15NO/c1-7(2)4-3-6(5-7)8-9/h6,8-9H,3-5H2,1-2H3. The Morgan fingerprint density at radius 2 is 2.22 bits per heavy atom. The van der Waals surface area contributed by atoms with Crippen molar-refractivity contribution in [1.82, 2.24) is 5.48 Å². The molecule has 0 aliphatic heterocycles. The van der Waals surface area contributed by atoms with Crippen LogP contribution in [0.25, 0.3) is 0 Å². The third kappa shape index (κ3) is 1.66. The summed E-state index contributed by atoms with van der Waals surface area (Å²) in [5, 5.41) is 8.55. The Kier molecular flexibility index (Phi) is 1.78. The summed E-state index contributed by atoms with van der Waals surface area (Å²) in [6, 6.07) is 0.347. The van der Waals surface area contributed by atoms with Crippen molar-refractivity contribution in [1.29, 1.82) is 0 Å². The van der Waals surface area contributed by atoms with Gasteiger partial charge in [-0.25, -0.2) is 5.48 Å². The number of hydrogen-bond acceptors (Lipinski definition) is 2. The molecule has 2 N–H and O–H groups in total. The summed E-state index contributed by atoms with van der Waals surface area (Å²) in [6.45, 7) is 4.48. The molecule has 0 saturated heterocycles. The van der Waals surface area contributed by atoms with Crippen molar-refractivity contribution in [3.8, 4) is 0 Å². The fourth-order valence-corrected chi connectivity index (χ4v) is 1.55. The van der Waals surface area contributed by atoms with Crippen LogP contribution in [0.2, 0.25) is 0 Å². The first kappa shape index (κ1) is 7.03. The Labute approximate surface area is 56.2 Å². The van der Waals surface area contributed by atoms with Crippen LogP contribution in [0.1, 0.15) is 33.1 Å². The highest BCUT2D eigenvalue weighted by molar-refractivity contribution is 4.84. The average Bonchev–Trinajstić information content (AvgIpc) is 2.10. The normalized spacial score (nSPS) is 33.0. The second-order valence-electron chi connectivity index (χ2n) is 3.73. The quantitative estimate of drug-likeness (QED) is 0.526. The zero-order valence-electron chi connectivity index (χ0n) is 6.15. The first-order valence-corrected chi connectivity index (χ1v) is 3.54. The highest BCUT2D eigenvalue weighted by Crippen LogP contribution is 2.36. The summed E-state index contributed by atoms with van der Waals surface area (Å²) in [5.41, 5.74) is 2.76. The van der Waals surface area contributed by atoms with Crippen LogP contribution in [0.5, 0.6) is 0 Å². The number of hydrogen-bond donors (Lipinski definition) is 2. The van der Waals surface area contributed by atoms with E-state index in [1.54, 1.807) is 0 Å². The Morgan fingerprint density at radius 1 is 1.56 bits per heavy atom. The van der Waals surface area contributed by atoms with Gasteiger partial charge in [0.25, 0.3) is 0 Å². The fraction of sp³-hybridized carbons (Fsp3) is 1.00. The van der Waals surface area contributed by atoms with Gasteiger partial charge >= 0.3 is 0 Å². The van der Waals surface area contributed by atoms with Gasteiger partial charge < -0.3 is 5.21 Å². The summed E-state index contributed by atoms with van der Waals surface area (Å²) in [4.78, 5) is 0. The van der Waals surface area contributed by atoms with Crippen molar-refractivity contribution in [2.75, 3.05) is 0 Å². The van der Waals surface area contributed by atoms with Gasteiger partial charge in [0.05, 0.1) is 0 Å². The molecule has 1 aliphatic rings. The van der Waals surface area contributed by atoms with Gasteiger partial charge in [0.1, 0.15) is 0 Å². The lowest BCUT2D eigenvalue weighted by atomic mass is 9.92. The zero-order chi connectivity index (χ0) is 6.91. The van der Waals surface area contributed by atoms with E-state index in [0.717, 1.165) is 12.8 Å². The lowest BCUT2D eigenvalue weighted by Crippen LogP contribution is -2.23. The molecule has 0 heterocycles. The number of rotatable bonds is 1. The van der Waals surface area contributed by atoms with Gasteiger partial charge in [-0.2, -0.15) is 0 Å². The summed E-state index contributed by atoms with van der Waals surface area (Å²) in [7, 11) is 0. The second kappa shape index (κ2) is 2.27. The molecule has 0 aromatic rings. The van der Waals surface area contributed by atoms with Crippen LogP contribution >= 0.6 is 0 Å². The van der Waals surface area contributed by atoms with Crippen molar-refractivity contribution >= 4 is 0 Å². The molecule has 1 atom stereocenters. The van der Waals surface area contributed by atoms with Crippen LogP contribution in [0.15, 0.2) is 0 Å². The van der Waals surface area contributed by atoms with Crippen molar-refractivity contribution in [3.05, 3.63) is 0 Å². The summed E-state index contributed by atoms with van der Waals surface area (Å²) >= 11 is 0. The predicted molar refractivity (Wildman–Crippen MR) is 36.3 cm³/mol. The van der Waals surface area contributed by atoms with Crippen LogP contribution in [-0.4, -0.2) is 11.2 Å². The molecular formula is C7H15NO. The van der Waals surface area contributed by atoms with Gasteiger partial charge in [-0.05, 0) is 24.7 Å². The molecule has 54 valence electrons. The molecule has 9 heavy (non-hydrogen) atoms. The summed E-state index contributed by atoms with van der Waals surface area (Å²) in [5.74, 6) is 0. The monoisotopic (exact) mass is 129 g/mol. The van der Waals surface area contributed by atoms with Gasteiger partial charge in [0, 0.05) is 6.04 Å². The van der Waals surface area contributed by atoms with Crippen molar-refractivity contribution in [2.45, 2.75) is 39.2 Å². The van der Waals surface area contributed by atoms with Crippen molar-refractivity contribution < 1.29 is 5.21 Å². The fourth-order valence-electron chi connectivity index (χ4n) is 1.55. The van der Waals surface area contributed by atoms with Crippen molar-refractivity contribution in [3.63, 3.8) is 0 Å². The van der Waals surface area contributed by atoms with Gasteiger partial charge in [-0.15, -0.1) is 0 Å². The van der Waals surface area contributed by atoms with E-state index >= 15 is 0 Å². The molecule has 0 spiro atoms. The largest absolute Gasteiger partial charge is 0.317 e. The minimum Gasteiger partial charge on any atom is -0.317 e. The van der Waals surface area contributed by atoms with E-state index in [9.17, 15) is 0 Å². The Bertz CT molecular complexity index is 101. The highest BCUT2D eigenvalue weighted by Gasteiger charge is 2.30. The lowest BCUT2D eigenvalue weighted by Gasteiger charge is -2.15. The maximum Gasteiger partial charge on any atom is 0.0325 e. The van der Waals surface area contributed by atoms with Gasteiger partial charge in [-0.1, -0.05) is 13.8 Å². The molecule has 0 radical (unpaired) electrons. The zero-order valence-corrected chi connectivity index (χ0v) is 6.15. The van der Waals surface area contributed by atoms with Crippen LogP contribution in [0, 0.1) is 5.41 Å². The van der Waals surface area contributed by atoms with E-state index in [-0.39, 0.29) is 0 Å².